The summed E-state index contributed by atoms with van der Waals surface area (Å²) in [6.07, 6.45) is 0. The highest BCUT2D eigenvalue weighted by Crippen LogP contribution is 2.22. The molecule has 0 bridgehead atoms. The molecule has 0 fully saturated rings. The zero-order chi connectivity index (χ0) is 13.7. The van der Waals surface area contributed by atoms with Crippen molar-refractivity contribution in [2.24, 2.45) is 0 Å². The Hall–Kier alpha value is -1.31. The summed E-state index contributed by atoms with van der Waals surface area (Å²) in [5.74, 6) is 0.767. The van der Waals surface area contributed by atoms with Crippen molar-refractivity contribution in [3.63, 3.8) is 0 Å². The minimum Gasteiger partial charge on any atom is -0.383 e. The van der Waals surface area contributed by atoms with Crippen molar-refractivity contribution in [1.29, 1.82) is 0 Å². The molecule has 1 unspecified atom stereocenters. The molecular formula is C12H16BrN5O. The molecular weight excluding hydrogens is 310 g/mol. The summed E-state index contributed by atoms with van der Waals surface area (Å²) in [5.41, 5.74) is 0.919. The Morgan fingerprint density at radius 1 is 1.42 bits per heavy atom. The third-order valence-corrected chi connectivity index (χ3v) is 3.39. The fourth-order valence-corrected chi connectivity index (χ4v) is 2.18. The lowest BCUT2D eigenvalue weighted by Gasteiger charge is -2.13. The number of halogens is 1. The summed E-state index contributed by atoms with van der Waals surface area (Å²) >= 11 is 3.51. The minimum absolute atomic E-state index is 0.0391. The van der Waals surface area contributed by atoms with Crippen LogP contribution in [0.4, 0.5) is 0 Å². The van der Waals surface area contributed by atoms with Gasteiger partial charge in [-0.3, -0.25) is 0 Å². The highest BCUT2D eigenvalue weighted by atomic mass is 79.9. The summed E-state index contributed by atoms with van der Waals surface area (Å²) in [4.78, 5) is 0. The molecule has 1 aromatic carbocycles. The summed E-state index contributed by atoms with van der Waals surface area (Å²) in [6, 6.07) is 7.87. The van der Waals surface area contributed by atoms with Gasteiger partial charge in [-0.05, 0) is 45.4 Å². The zero-order valence-electron chi connectivity index (χ0n) is 10.9. The largest absolute Gasteiger partial charge is 0.383 e. The van der Waals surface area contributed by atoms with E-state index < -0.39 is 0 Å². The van der Waals surface area contributed by atoms with Crippen molar-refractivity contribution >= 4 is 15.9 Å². The van der Waals surface area contributed by atoms with E-state index in [0.29, 0.717) is 6.61 Å². The van der Waals surface area contributed by atoms with Gasteiger partial charge in [-0.1, -0.05) is 12.1 Å². The third kappa shape index (κ3) is 3.37. The first-order valence-corrected chi connectivity index (χ1v) is 6.79. The second kappa shape index (κ2) is 6.74. The van der Waals surface area contributed by atoms with Crippen LogP contribution in [0.1, 0.15) is 18.8 Å². The molecule has 6 nitrogen and oxygen atoms in total. The predicted molar refractivity (Wildman–Crippen MR) is 75.1 cm³/mol. The Morgan fingerprint density at radius 3 is 2.95 bits per heavy atom. The smallest absolute Gasteiger partial charge is 0.173 e. The lowest BCUT2D eigenvalue weighted by atomic mass is 10.3. The van der Waals surface area contributed by atoms with E-state index in [1.165, 1.54) is 0 Å². The Morgan fingerprint density at radius 2 is 2.21 bits per heavy atom. The monoisotopic (exact) mass is 325 g/mol. The van der Waals surface area contributed by atoms with Crippen LogP contribution in [0.15, 0.2) is 28.7 Å². The van der Waals surface area contributed by atoms with Gasteiger partial charge in [-0.25, -0.2) is 0 Å². The molecule has 0 spiro atoms. The lowest BCUT2D eigenvalue weighted by molar-refractivity contribution is 0.196. The zero-order valence-corrected chi connectivity index (χ0v) is 12.5. The van der Waals surface area contributed by atoms with Crippen LogP contribution in [0.2, 0.25) is 0 Å². The first-order valence-electron chi connectivity index (χ1n) is 5.99. The van der Waals surface area contributed by atoms with E-state index in [1.807, 2.05) is 31.2 Å². The molecule has 1 aromatic heterocycles. The maximum atomic E-state index is 5.02. The molecule has 0 aliphatic rings. The lowest BCUT2D eigenvalue weighted by Crippen LogP contribution is -2.25. The average molecular weight is 326 g/mol. The van der Waals surface area contributed by atoms with Crippen LogP contribution >= 0.6 is 15.9 Å². The number of aromatic nitrogens is 4. The number of hydrogen-bond donors (Lipinski definition) is 1. The number of nitrogens with one attached hydrogen (secondary N) is 1. The predicted octanol–water partition coefficient (Wildman–Crippen LogP) is 1.72. The van der Waals surface area contributed by atoms with Crippen molar-refractivity contribution in [1.82, 2.24) is 25.5 Å². The van der Waals surface area contributed by atoms with Crippen molar-refractivity contribution in [2.75, 3.05) is 20.3 Å². The summed E-state index contributed by atoms with van der Waals surface area (Å²) in [6.45, 7) is 3.43. The SMILES string of the molecule is COCCNC(C)c1nnnn1-c1ccccc1Br. The maximum Gasteiger partial charge on any atom is 0.173 e. The average Bonchev–Trinajstić information content (AvgIpc) is 2.88. The van der Waals surface area contributed by atoms with Gasteiger partial charge in [-0.15, -0.1) is 5.10 Å². The fraction of sp³-hybridized carbons (Fsp3) is 0.417. The van der Waals surface area contributed by atoms with Gasteiger partial charge in [0.25, 0.3) is 0 Å². The van der Waals surface area contributed by atoms with E-state index in [1.54, 1.807) is 11.8 Å². The number of ether oxygens (including phenoxy) is 1. The molecule has 0 radical (unpaired) electrons. The topological polar surface area (TPSA) is 64.9 Å². The molecule has 1 N–H and O–H groups in total. The van der Waals surface area contributed by atoms with Gasteiger partial charge in [0.1, 0.15) is 0 Å². The quantitative estimate of drug-likeness (QED) is 0.819. The van der Waals surface area contributed by atoms with E-state index in [0.717, 1.165) is 22.5 Å². The summed E-state index contributed by atoms with van der Waals surface area (Å²) < 4.78 is 7.70. The summed E-state index contributed by atoms with van der Waals surface area (Å²) in [5, 5.41) is 15.2. The standard InChI is InChI=1S/C12H16BrN5O/c1-9(14-7-8-19-2)12-15-16-17-18(12)11-6-4-3-5-10(11)13/h3-6,9,14H,7-8H2,1-2H3. The molecule has 102 valence electrons. The first kappa shape index (κ1) is 14.1. The number of benzene rings is 1. The van der Waals surface area contributed by atoms with E-state index in [-0.39, 0.29) is 6.04 Å². The molecule has 0 aliphatic heterocycles. The highest BCUT2D eigenvalue weighted by molar-refractivity contribution is 9.10. The Labute approximate surface area is 120 Å². The van der Waals surface area contributed by atoms with Gasteiger partial charge < -0.3 is 10.1 Å². The third-order valence-electron chi connectivity index (χ3n) is 2.72. The van der Waals surface area contributed by atoms with Gasteiger partial charge in [0.2, 0.25) is 0 Å². The number of tetrazole rings is 1. The number of para-hydroxylation sites is 1. The van der Waals surface area contributed by atoms with Crippen molar-refractivity contribution in [2.45, 2.75) is 13.0 Å². The van der Waals surface area contributed by atoms with Crippen LogP contribution in [0.3, 0.4) is 0 Å². The molecule has 19 heavy (non-hydrogen) atoms. The number of rotatable bonds is 6. The maximum absolute atomic E-state index is 5.02. The van der Waals surface area contributed by atoms with Crippen molar-refractivity contribution < 1.29 is 4.74 Å². The summed E-state index contributed by atoms with van der Waals surface area (Å²) in [7, 11) is 1.68. The number of methoxy groups -OCH3 is 1. The molecule has 0 saturated heterocycles. The Balaban J connectivity index is 2.20. The van der Waals surface area contributed by atoms with Crippen LogP contribution < -0.4 is 5.32 Å². The Bertz CT molecular complexity index is 530. The number of hydrogen-bond acceptors (Lipinski definition) is 5. The molecule has 0 saturated carbocycles. The molecule has 1 atom stereocenters. The van der Waals surface area contributed by atoms with E-state index in [2.05, 4.69) is 36.8 Å². The minimum atomic E-state index is 0.0391. The van der Waals surface area contributed by atoms with E-state index in [9.17, 15) is 0 Å². The van der Waals surface area contributed by atoms with E-state index >= 15 is 0 Å². The molecule has 1 heterocycles. The molecule has 0 aliphatic carbocycles. The fourth-order valence-electron chi connectivity index (χ4n) is 1.73. The molecule has 7 heteroatoms. The van der Waals surface area contributed by atoms with Crippen LogP contribution in [-0.4, -0.2) is 40.5 Å². The second-order valence-electron chi connectivity index (χ2n) is 4.07. The van der Waals surface area contributed by atoms with Crippen LogP contribution in [0, 0.1) is 0 Å². The van der Waals surface area contributed by atoms with Crippen molar-refractivity contribution in [3.05, 3.63) is 34.6 Å². The van der Waals surface area contributed by atoms with Gasteiger partial charge in [0, 0.05) is 18.1 Å². The molecule has 0 amide bonds. The van der Waals surface area contributed by atoms with Gasteiger partial charge in [0.05, 0.1) is 18.3 Å². The van der Waals surface area contributed by atoms with Gasteiger partial charge in [-0.2, -0.15) is 4.68 Å². The van der Waals surface area contributed by atoms with E-state index in [4.69, 9.17) is 4.74 Å². The van der Waals surface area contributed by atoms with Gasteiger partial charge in [0.15, 0.2) is 5.82 Å². The molecule has 2 rings (SSSR count). The number of nitrogens with zero attached hydrogens (tertiary/aromatic N) is 4. The Kier molecular flexibility index (Phi) is 5.00. The first-order chi connectivity index (χ1) is 9.24. The van der Waals surface area contributed by atoms with Crippen LogP contribution in [0.5, 0.6) is 0 Å². The van der Waals surface area contributed by atoms with Gasteiger partial charge >= 0.3 is 0 Å². The van der Waals surface area contributed by atoms with Crippen LogP contribution in [-0.2, 0) is 4.74 Å². The second-order valence-corrected chi connectivity index (χ2v) is 4.92. The molecule has 2 aromatic rings. The normalized spacial score (nSPS) is 12.6. The van der Waals surface area contributed by atoms with Crippen LogP contribution in [0.25, 0.3) is 5.69 Å². The van der Waals surface area contributed by atoms with Crippen molar-refractivity contribution in [3.8, 4) is 5.69 Å². The highest BCUT2D eigenvalue weighted by Gasteiger charge is 2.16.